The number of anilines is 1. The molecular weight excluding hydrogens is 547 g/mol. The Labute approximate surface area is 245 Å². The Bertz CT molecular complexity index is 1320. The number of hydrogen-bond acceptors (Lipinski definition) is 7. The highest BCUT2D eigenvalue weighted by molar-refractivity contribution is 7.93. The summed E-state index contributed by atoms with van der Waals surface area (Å²) in [4.78, 5) is 5.53. The second kappa shape index (κ2) is 10.5. The third-order valence-corrected chi connectivity index (χ3v) is 9.45. The Morgan fingerprint density at radius 3 is 2.71 bits per heavy atom. The fraction of sp³-hybridized carbons (Fsp3) is 0.516. The van der Waals surface area contributed by atoms with E-state index in [-0.39, 0.29) is 11.1 Å². The number of rotatable bonds is 9. The van der Waals surface area contributed by atoms with Gasteiger partial charge in [-0.05, 0) is 85.7 Å². The predicted molar refractivity (Wildman–Crippen MR) is 158 cm³/mol. The standard InChI is InChI=1S/C31H38F3N5OS/c1-5-38(19-27-26(31(32,33)34)14-23(17-36(27)3)18-37-13-7-8-22(2)16-37)25-10-6-9-24(15-25)30(20-29(21-30)11-12-29)28-35-39(28)40-41-4/h5-6,9-10,14-15,17,19,22H,1,7-8,11-13,16,18,20-21H2,2-4H3/b27-19-/t22-,39?/m0/s1. The first kappa shape index (κ1) is 28.4. The van der Waals surface area contributed by atoms with Gasteiger partial charge in [0.25, 0.3) is 0 Å². The Kier molecular flexibility index (Phi) is 7.31. The van der Waals surface area contributed by atoms with Crippen molar-refractivity contribution < 1.29 is 17.5 Å². The van der Waals surface area contributed by atoms with Crippen molar-refractivity contribution in [3.05, 3.63) is 77.9 Å². The number of piperidine rings is 1. The Balaban J connectivity index is 1.27. The minimum absolute atomic E-state index is 0.0833. The van der Waals surface area contributed by atoms with Crippen LogP contribution in [0.1, 0.15) is 51.0 Å². The van der Waals surface area contributed by atoms with Crippen molar-refractivity contribution in [2.75, 3.05) is 37.8 Å². The molecule has 41 heavy (non-hydrogen) atoms. The first-order valence-corrected chi connectivity index (χ1v) is 15.5. The topological polar surface area (TPSA) is 34.3 Å². The van der Waals surface area contributed by atoms with Crippen LogP contribution in [0.15, 0.2) is 77.5 Å². The number of amidine groups is 1. The molecule has 1 atom stereocenters. The third-order valence-electron chi connectivity index (χ3n) is 9.16. The second-order valence-electron chi connectivity index (χ2n) is 12.4. The van der Waals surface area contributed by atoms with Crippen molar-refractivity contribution in [2.45, 2.75) is 57.0 Å². The summed E-state index contributed by atoms with van der Waals surface area (Å²) in [5.41, 5.74) is 2.14. The normalized spacial score (nSPS) is 25.9. The van der Waals surface area contributed by atoms with Crippen LogP contribution >= 0.6 is 12.0 Å². The average molecular weight is 586 g/mol. The maximum absolute atomic E-state index is 14.4. The van der Waals surface area contributed by atoms with Crippen LogP contribution in [0, 0.1) is 11.3 Å². The van der Waals surface area contributed by atoms with Crippen molar-refractivity contribution in [2.24, 2.45) is 16.4 Å². The predicted octanol–water partition coefficient (Wildman–Crippen LogP) is 7.18. The van der Waals surface area contributed by atoms with E-state index in [4.69, 9.17) is 4.28 Å². The zero-order valence-electron chi connectivity index (χ0n) is 24.0. The van der Waals surface area contributed by atoms with Gasteiger partial charge in [-0.2, -0.15) is 17.5 Å². The van der Waals surface area contributed by atoms with Gasteiger partial charge in [0.1, 0.15) is 0 Å². The minimum Gasteiger partial charge on any atom is -0.349 e. The molecule has 6 rings (SSSR count). The molecule has 3 aliphatic heterocycles. The van der Waals surface area contributed by atoms with Crippen LogP contribution in [0.2, 0.25) is 0 Å². The lowest BCUT2D eigenvalue weighted by Gasteiger charge is -2.46. The van der Waals surface area contributed by atoms with E-state index >= 15 is 0 Å². The molecule has 1 spiro atoms. The van der Waals surface area contributed by atoms with Gasteiger partial charge >= 0.3 is 6.18 Å². The molecule has 5 aliphatic rings. The van der Waals surface area contributed by atoms with Crippen molar-refractivity contribution in [3.8, 4) is 0 Å². The van der Waals surface area contributed by atoms with E-state index in [9.17, 15) is 13.2 Å². The lowest BCUT2D eigenvalue weighted by Crippen LogP contribution is -2.48. The smallest absolute Gasteiger partial charge is 0.349 e. The lowest BCUT2D eigenvalue weighted by molar-refractivity contribution is -0.0912. The Morgan fingerprint density at radius 2 is 2.05 bits per heavy atom. The van der Waals surface area contributed by atoms with Gasteiger partial charge in [-0.3, -0.25) is 4.90 Å². The summed E-state index contributed by atoms with van der Waals surface area (Å²) in [7, 11) is 1.69. The van der Waals surface area contributed by atoms with Crippen LogP contribution in [0.3, 0.4) is 0 Å². The number of hydrazone groups is 1. The molecule has 2 saturated carbocycles. The molecule has 1 aromatic rings. The molecule has 3 fully saturated rings. The summed E-state index contributed by atoms with van der Waals surface area (Å²) in [5.74, 6) is 1.49. The molecule has 3 heterocycles. The highest BCUT2D eigenvalue weighted by atomic mass is 32.2. The molecule has 0 bridgehead atoms. The first-order valence-electron chi connectivity index (χ1n) is 14.3. The van der Waals surface area contributed by atoms with Gasteiger partial charge in [0.2, 0.25) is 0 Å². The van der Waals surface area contributed by atoms with Gasteiger partial charge in [0.15, 0.2) is 5.84 Å². The van der Waals surface area contributed by atoms with Crippen LogP contribution in [0.5, 0.6) is 0 Å². The molecule has 0 radical (unpaired) electrons. The van der Waals surface area contributed by atoms with E-state index in [2.05, 4.69) is 35.6 Å². The summed E-state index contributed by atoms with van der Waals surface area (Å²) in [6.45, 7) is 8.49. The average Bonchev–Trinajstić information content (AvgIpc) is 3.83. The number of likely N-dealkylation sites (tertiary alicyclic amines) is 1. The summed E-state index contributed by atoms with van der Waals surface area (Å²) in [5, 5.41) is 6.11. The molecule has 1 saturated heterocycles. The number of nitrogens with zero attached hydrogens (tertiary/aromatic N) is 5. The number of likely N-dealkylation sites (N-methyl/N-ethyl adjacent to an activating group) is 1. The van der Waals surface area contributed by atoms with Crippen LogP contribution in [-0.4, -0.2) is 59.9 Å². The molecule has 6 nitrogen and oxygen atoms in total. The monoisotopic (exact) mass is 585 g/mol. The molecule has 2 aliphatic carbocycles. The summed E-state index contributed by atoms with van der Waals surface area (Å²) < 4.78 is 48.8. The van der Waals surface area contributed by atoms with E-state index in [0.717, 1.165) is 49.4 Å². The second-order valence-corrected chi connectivity index (χ2v) is 12.9. The fourth-order valence-corrected chi connectivity index (χ4v) is 7.26. The number of alkyl halides is 3. The fourth-order valence-electron chi connectivity index (χ4n) is 7.01. The van der Waals surface area contributed by atoms with Crippen LogP contribution in [0.25, 0.3) is 0 Å². The maximum atomic E-state index is 14.4. The van der Waals surface area contributed by atoms with Gasteiger partial charge < -0.3 is 9.80 Å². The maximum Gasteiger partial charge on any atom is 0.418 e. The van der Waals surface area contributed by atoms with E-state index in [0.29, 0.717) is 23.5 Å². The molecule has 220 valence electrons. The van der Waals surface area contributed by atoms with Crippen molar-refractivity contribution in [1.82, 2.24) is 15.0 Å². The Morgan fingerprint density at radius 1 is 1.27 bits per heavy atom. The molecular formula is C31H38F3N5OS. The van der Waals surface area contributed by atoms with E-state index in [1.54, 1.807) is 28.2 Å². The summed E-state index contributed by atoms with van der Waals surface area (Å²) in [6, 6.07) is 8.02. The van der Waals surface area contributed by atoms with Crippen molar-refractivity contribution >= 4 is 23.6 Å². The molecule has 0 unspecified atom stereocenters. The van der Waals surface area contributed by atoms with Crippen molar-refractivity contribution in [1.29, 1.82) is 0 Å². The van der Waals surface area contributed by atoms with Crippen LogP contribution in [-0.2, 0) is 9.70 Å². The molecule has 0 aromatic heterocycles. The van der Waals surface area contributed by atoms with Crippen LogP contribution in [0.4, 0.5) is 18.9 Å². The van der Waals surface area contributed by atoms with E-state index in [1.165, 1.54) is 43.6 Å². The highest BCUT2D eigenvalue weighted by Crippen LogP contribution is 2.70. The summed E-state index contributed by atoms with van der Waals surface area (Å²) in [6.07, 6.45) is 10.3. The van der Waals surface area contributed by atoms with Gasteiger partial charge in [-0.15, -0.1) is 10.3 Å². The number of hydroxylamine groups is 1. The van der Waals surface area contributed by atoms with Gasteiger partial charge in [0, 0.05) is 62.7 Å². The molecule has 0 amide bonds. The lowest BCUT2D eigenvalue weighted by atomic mass is 9.56. The van der Waals surface area contributed by atoms with Crippen LogP contribution < -0.4 is 4.90 Å². The number of halogens is 3. The number of benzene rings is 1. The number of allylic oxidation sites excluding steroid dienone is 1. The Hall–Kier alpha value is -2.69. The van der Waals surface area contributed by atoms with Crippen molar-refractivity contribution in [3.63, 3.8) is 0 Å². The third kappa shape index (κ3) is 5.58. The SMILES string of the molecule is C=CN(/C=C1/C(C(F)(F)F)=CC(CN2CCC[C@H](C)C2)=CN1C)c1cccc(C2(C3=NN3OSC)CC3(CC3)C2)c1. The van der Waals surface area contributed by atoms with Gasteiger partial charge in [-0.1, -0.05) is 25.6 Å². The largest absolute Gasteiger partial charge is 0.418 e. The zero-order valence-corrected chi connectivity index (χ0v) is 24.8. The quantitative estimate of drug-likeness (QED) is 0.286. The van der Waals surface area contributed by atoms with Gasteiger partial charge in [-0.25, -0.2) is 0 Å². The first-order chi connectivity index (χ1) is 19.6. The minimum atomic E-state index is -4.50. The number of hydrogen-bond donors (Lipinski definition) is 0. The molecule has 10 heteroatoms. The zero-order chi connectivity index (χ0) is 29.0. The summed E-state index contributed by atoms with van der Waals surface area (Å²) >= 11 is 1.25. The molecule has 0 N–H and O–H groups in total. The molecule has 1 aromatic carbocycles. The van der Waals surface area contributed by atoms with Gasteiger partial charge in [0.05, 0.1) is 16.7 Å². The van der Waals surface area contributed by atoms with E-state index in [1.807, 2.05) is 24.6 Å². The van der Waals surface area contributed by atoms with E-state index < -0.39 is 11.7 Å². The highest BCUT2D eigenvalue weighted by Gasteiger charge is 2.67.